The number of carbonyl (C=O) groups is 1. The van der Waals surface area contributed by atoms with Crippen LogP contribution in [0.1, 0.15) is 19.8 Å². The summed E-state index contributed by atoms with van der Waals surface area (Å²) in [5, 5.41) is 8.80. The maximum atomic E-state index is 12.3. The summed E-state index contributed by atoms with van der Waals surface area (Å²) < 4.78 is 24.6. The topological polar surface area (TPSA) is 43.8 Å². The minimum absolute atomic E-state index is 0.0285. The van der Waals surface area contributed by atoms with E-state index in [-0.39, 0.29) is 25.6 Å². The van der Waals surface area contributed by atoms with Crippen LogP contribution < -0.4 is 0 Å². The maximum absolute atomic E-state index is 12.3. The van der Waals surface area contributed by atoms with Crippen LogP contribution in [0.15, 0.2) is 0 Å². The number of alkyl halides is 2. The maximum Gasteiger partial charge on any atom is 0.251 e. The molecule has 1 rings (SSSR count). The summed E-state index contributed by atoms with van der Waals surface area (Å²) in [6.45, 7) is 2.98. The van der Waals surface area contributed by atoms with Gasteiger partial charge in [-0.3, -0.25) is 9.69 Å². The van der Waals surface area contributed by atoms with E-state index in [2.05, 4.69) is 6.92 Å². The van der Waals surface area contributed by atoms with Crippen molar-refractivity contribution in [3.63, 3.8) is 0 Å². The molecular formula is C12H22F2N2O2. The Labute approximate surface area is 107 Å². The van der Waals surface area contributed by atoms with Crippen LogP contribution in [0.2, 0.25) is 0 Å². The van der Waals surface area contributed by atoms with Gasteiger partial charge in [0.25, 0.3) is 6.43 Å². The fraction of sp³-hybridized carbons (Fsp3) is 0.917. The molecule has 6 heteroatoms. The van der Waals surface area contributed by atoms with Crippen LogP contribution in [0.5, 0.6) is 0 Å². The van der Waals surface area contributed by atoms with E-state index in [9.17, 15) is 13.6 Å². The Bertz CT molecular complexity index is 256. The predicted octanol–water partition coefficient (Wildman–Crippen LogP) is 0.804. The molecule has 0 saturated carbocycles. The minimum atomic E-state index is -2.48. The third kappa shape index (κ3) is 5.27. The fourth-order valence-electron chi connectivity index (χ4n) is 2.12. The van der Waals surface area contributed by atoms with Gasteiger partial charge in [0, 0.05) is 19.6 Å². The van der Waals surface area contributed by atoms with E-state index in [0.717, 1.165) is 12.8 Å². The van der Waals surface area contributed by atoms with Crippen molar-refractivity contribution in [2.24, 2.45) is 5.92 Å². The molecule has 1 saturated heterocycles. The number of aliphatic hydroxyl groups excluding tert-OH is 1. The molecule has 0 bridgehead atoms. The lowest BCUT2D eigenvalue weighted by molar-refractivity contribution is -0.134. The Morgan fingerprint density at radius 3 is 2.56 bits per heavy atom. The molecule has 0 aliphatic carbocycles. The molecule has 1 N–H and O–H groups in total. The molecule has 1 aliphatic rings. The van der Waals surface area contributed by atoms with Gasteiger partial charge in [-0.1, -0.05) is 6.92 Å². The summed E-state index contributed by atoms with van der Waals surface area (Å²) in [4.78, 5) is 15.0. The second-order valence-electron chi connectivity index (χ2n) is 4.91. The molecule has 1 aliphatic heterocycles. The van der Waals surface area contributed by atoms with Gasteiger partial charge in [0.1, 0.15) is 0 Å². The van der Waals surface area contributed by atoms with E-state index in [0.29, 0.717) is 19.0 Å². The molecule has 0 aromatic heterocycles. The number of nitrogens with zero attached hydrogens (tertiary/aromatic N) is 2. The van der Waals surface area contributed by atoms with Gasteiger partial charge in [-0.25, -0.2) is 8.78 Å². The van der Waals surface area contributed by atoms with Crippen molar-refractivity contribution in [3.8, 4) is 0 Å². The number of rotatable bonds is 6. The Morgan fingerprint density at radius 2 is 2.06 bits per heavy atom. The second-order valence-corrected chi connectivity index (χ2v) is 4.91. The first-order valence-corrected chi connectivity index (χ1v) is 6.42. The lowest BCUT2D eigenvalue weighted by Gasteiger charge is -2.32. The molecule has 1 amide bonds. The van der Waals surface area contributed by atoms with Gasteiger partial charge in [0.05, 0.1) is 19.7 Å². The lowest BCUT2D eigenvalue weighted by atomic mass is 9.99. The summed E-state index contributed by atoms with van der Waals surface area (Å²) in [7, 11) is 0. The molecule has 1 heterocycles. The summed E-state index contributed by atoms with van der Waals surface area (Å²) in [6, 6.07) is 0. The number of halogens is 2. The molecule has 0 radical (unpaired) electrons. The molecule has 1 fully saturated rings. The van der Waals surface area contributed by atoms with Crippen LogP contribution >= 0.6 is 0 Å². The highest BCUT2D eigenvalue weighted by Gasteiger charge is 2.23. The summed E-state index contributed by atoms with van der Waals surface area (Å²) >= 11 is 0. The van der Waals surface area contributed by atoms with Crippen LogP contribution in [-0.2, 0) is 4.79 Å². The van der Waals surface area contributed by atoms with Gasteiger partial charge < -0.3 is 10.0 Å². The second kappa shape index (κ2) is 7.63. The Kier molecular flexibility index (Phi) is 6.49. The van der Waals surface area contributed by atoms with Crippen molar-refractivity contribution in [2.45, 2.75) is 26.2 Å². The highest BCUT2D eigenvalue weighted by Crippen LogP contribution is 2.16. The monoisotopic (exact) mass is 264 g/mol. The average Bonchev–Trinajstić information content (AvgIpc) is 2.29. The van der Waals surface area contributed by atoms with Gasteiger partial charge in [-0.2, -0.15) is 0 Å². The van der Waals surface area contributed by atoms with Crippen molar-refractivity contribution in [2.75, 3.05) is 39.3 Å². The van der Waals surface area contributed by atoms with E-state index in [1.54, 1.807) is 4.90 Å². The summed E-state index contributed by atoms with van der Waals surface area (Å²) in [5.74, 6) is 0.514. The van der Waals surface area contributed by atoms with Gasteiger partial charge in [-0.15, -0.1) is 0 Å². The molecule has 18 heavy (non-hydrogen) atoms. The van der Waals surface area contributed by atoms with Crippen molar-refractivity contribution >= 4 is 5.91 Å². The molecule has 106 valence electrons. The molecule has 0 spiro atoms. The molecular weight excluding hydrogens is 242 g/mol. The van der Waals surface area contributed by atoms with E-state index in [1.165, 1.54) is 4.90 Å². The third-order valence-electron chi connectivity index (χ3n) is 3.31. The molecule has 0 aromatic rings. The van der Waals surface area contributed by atoms with E-state index in [1.807, 2.05) is 0 Å². The minimum Gasteiger partial charge on any atom is -0.395 e. The SMILES string of the molecule is CC1CCN(C(=O)CN(CCO)CC(F)F)CC1. The quantitative estimate of drug-likeness (QED) is 0.772. The van der Waals surface area contributed by atoms with Gasteiger partial charge >= 0.3 is 0 Å². The summed E-state index contributed by atoms with van der Waals surface area (Å²) in [6.07, 6.45) is -0.535. The Balaban J connectivity index is 2.40. The zero-order valence-electron chi connectivity index (χ0n) is 10.8. The van der Waals surface area contributed by atoms with E-state index < -0.39 is 13.0 Å². The summed E-state index contributed by atoms with van der Waals surface area (Å²) in [5.41, 5.74) is 0. The highest BCUT2D eigenvalue weighted by molar-refractivity contribution is 5.78. The van der Waals surface area contributed by atoms with Crippen molar-refractivity contribution < 1.29 is 18.7 Å². The number of carbonyl (C=O) groups excluding carboxylic acids is 1. The van der Waals surface area contributed by atoms with Crippen LogP contribution in [-0.4, -0.2) is 66.6 Å². The predicted molar refractivity (Wildman–Crippen MR) is 64.5 cm³/mol. The number of hydrogen-bond acceptors (Lipinski definition) is 3. The fourth-order valence-corrected chi connectivity index (χ4v) is 2.12. The molecule has 0 aromatic carbocycles. The number of hydrogen-bond donors (Lipinski definition) is 1. The van der Waals surface area contributed by atoms with Crippen molar-refractivity contribution in [3.05, 3.63) is 0 Å². The van der Waals surface area contributed by atoms with Gasteiger partial charge in [-0.05, 0) is 18.8 Å². The zero-order valence-corrected chi connectivity index (χ0v) is 10.8. The average molecular weight is 264 g/mol. The largest absolute Gasteiger partial charge is 0.395 e. The normalized spacial score (nSPS) is 17.8. The third-order valence-corrected chi connectivity index (χ3v) is 3.31. The molecule has 4 nitrogen and oxygen atoms in total. The van der Waals surface area contributed by atoms with E-state index in [4.69, 9.17) is 5.11 Å². The van der Waals surface area contributed by atoms with Gasteiger partial charge in [0.2, 0.25) is 5.91 Å². The number of likely N-dealkylation sites (tertiary alicyclic amines) is 1. The first-order valence-electron chi connectivity index (χ1n) is 6.42. The van der Waals surface area contributed by atoms with Crippen LogP contribution in [0.25, 0.3) is 0 Å². The number of aliphatic hydroxyl groups is 1. The van der Waals surface area contributed by atoms with Crippen molar-refractivity contribution in [1.82, 2.24) is 9.80 Å². The first-order chi connectivity index (χ1) is 8.52. The van der Waals surface area contributed by atoms with Crippen LogP contribution in [0.4, 0.5) is 8.78 Å². The van der Waals surface area contributed by atoms with Crippen LogP contribution in [0.3, 0.4) is 0 Å². The first kappa shape index (κ1) is 15.3. The molecule has 0 unspecified atom stereocenters. The lowest BCUT2D eigenvalue weighted by Crippen LogP contribution is -2.45. The zero-order chi connectivity index (χ0) is 13.5. The van der Waals surface area contributed by atoms with E-state index >= 15 is 0 Å². The Morgan fingerprint density at radius 1 is 1.44 bits per heavy atom. The standard InChI is InChI=1S/C12H22F2N2O2/c1-10-2-4-16(5-3-10)12(18)9-15(6-7-17)8-11(13)14/h10-11,17H,2-9H2,1H3. The highest BCUT2D eigenvalue weighted by atomic mass is 19.3. The van der Waals surface area contributed by atoms with Crippen molar-refractivity contribution in [1.29, 1.82) is 0 Å². The smallest absolute Gasteiger partial charge is 0.251 e. The number of amides is 1. The molecule has 0 atom stereocenters. The Hall–Kier alpha value is -0.750. The van der Waals surface area contributed by atoms with Gasteiger partial charge in [0.15, 0.2) is 0 Å². The number of piperidine rings is 1. The van der Waals surface area contributed by atoms with Crippen LogP contribution in [0, 0.1) is 5.92 Å².